The molecule has 4 rings (SSSR count). The first-order valence-corrected chi connectivity index (χ1v) is 12.2. The van der Waals surface area contributed by atoms with Gasteiger partial charge in [0.15, 0.2) is 17.1 Å². The van der Waals surface area contributed by atoms with Crippen LogP contribution in [-0.2, 0) is 6.54 Å². The molecule has 7 nitrogen and oxygen atoms in total. The molecule has 4 aromatic rings. The lowest BCUT2D eigenvalue weighted by Gasteiger charge is -2.17. The van der Waals surface area contributed by atoms with Crippen molar-refractivity contribution in [1.82, 2.24) is 10.3 Å². The van der Waals surface area contributed by atoms with Gasteiger partial charge in [-0.05, 0) is 87.7 Å². The van der Waals surface area contributed by atoms with Gasteiger partial charge in [0.2, 0.25) is 11.6 Å². The van der Waals surface area contributed by atoms with Crippen LogP contribution in [0.25, 0.3) is 22.6 Å². The summed E-state index contributed by atoms with van der Waals surface area (Å²) in [6, 6.07) is 15.2. The van der Waals surface area contributed by atoms with Gasteiger partial charge in [-0.15, -0.1) is 0 Å². The summed E-state index contributed by atoms with van der Waals surface area (Å²) in [7, 11) is 0. The van der Waals surface area contributed by atoms with Gasteiger partial charge in [-0.1, -0.05) is 12.1 Å². The minimum Gasteiger partial charge on any atom is -0.490 e. The summed E-state index contributed by atoms with van der Waals surface area (Å²) in [6.07, 6.45) is 0. The highest BCUT2D eigenvalue weighted by atomic mass is 16.5. The third kappa shape index (κ3) is 5.46. The smallest absolute Gasteiger partial charge is 0.251 e. The monoisotopic (exact) mass is 488 g/mol. The minimum atomic E-state index is -0.228. The largest absolute Gasteiger partial charge is 0.490 e. The van der Waals surface area contributed by atoms with E-state index in [1.165, 1.54) is 11.1 Å². The molecule has 0 saturated heterocycles. The molecule has 0 aliphatic carbocycles. The fourth-order valence-corrected chi connectivity index (χ4v) is 3.87. The van der Waals surface area contributed by atoms with Crippen molar-refractivity contribution in [3.8, 4) is 28.7 Å². The highest BCUT2D eigenvalue weighted by Gasteiger charge is 2.18. The van der Waals surface area contributed by atoms with Crippen LogP contribution in [-0.4, -0.2) is 30.7 Å². The van der Waals surface area contributed by atoms with Crippen LogP contribution in [0.15, 0.2) is 52.9 Å². The van der Waals surface area contributed by atoms with Crippen molar-refractivity contribution in [3.05, 3.63) is 70.8 Å². The van der Waals surface area contributed by atoms with E-state index in [0.29, 0.717) is 55.1 Å². The maximum atomic E-state index is 13.0. The third-order valence-corrected chi connectivity index (χ3v) is 5.83. The highest BCUT2D eigenvalue weighted by Crippen LogP contribution is 2.39. The Bertz CT molecular complexity index is 1290. The normalized spacial score (nSPS) is 10.9. The average molecular weight is 489 g/mol. The summed E-state index contributed by atoms with van der Waals surface area (Å²) in [5.74, 6) is 1.84. The first-order chi connectivity index (χ1) is 17.4. The summed E-state index contributed by atoms with van der Waals surface area (Å²) in [5, 5.41) is 2.97. The quantitative estimate of drug-likeness (QED) is 0.285. The zero-order chi connectivity index (χ0) is 25.7. The van der Waals surface area contributed by atoms with Crippen LogP contribution in [0.2, 0.25) is 0 Å². The molecule has 7 heteroatoms. The van der Waals surface area contributed by atoms with Gasteiger partial charge in [-0.25, -0.2) is 4.98 Å². The number of oxazole rings is 1. The maximum Gasteiger partial charge on any atom is 0.251 e. The second-order valence-corrected chi connectivity index (χ2v) is 8.40. The van der Waals surface area contributed by atoms with Crippen molar-refractivity contribution < 1.29 is 23.4 Å². The molecule has 0 bridgehead atoms. The number of benzene rings is 3. The van der Waals surface area contributed by atoms with E-state index in [1.807, 2.05) is 57.2 Å². The van der Waals surface area contributed by atoms with E-state index in [-0.39, 0.29) is 5.91 Å². The van der Waals surface area contributed by atoms with Crippen LogP contribution in [0.1, 0.15) is 47.8 Å². The van der Waals surface area contributed by atoms with Gasteiger partial charge in [0, 0.05) is 17.7 Å². The molecule has 0 aliphatic heterocycles. The number of hydrogen-bond acceptors (Lipinski definition) is 6. The molecule has 3 aromatic carbocycles. The van der Waals surface area contributed by atoms with Crippen molar-refractivity contribution in [2.75, 3.05) is 19.8 Å². The van der Waals surface area contributed by atoms with E-state index in [2.05, 4.69) is 24.1 Å². The molecule has 1 heterocycles. The number of fused-ring (bicyclic) bond motifs is 1. The summed E-state index contributed by atoms with van der Waals surface area (Å²) in [6.45, 7) is 11.5. The number of hydrogen-bond donors (Lipinski definition) is 1. The highest BCUT2D eigenvalue weighted by molar-refractivity contribution is 5.95. The minimum absolute atomic E-state index is 0.228. The Kier molecular flexibility index (Phi) is 7.78. The Morgan fingerprint density at radius 2 is 1.47 bits per heavy atom. The van der Waals surface area contributed by atoms with Crippen LogP contribution < -0.4 is 19.5 Å². The van der Waals surface area contributed by atoms with Crippen molar-refractivity contribution in [2.45, 2.75) is 41.2 Å². The van der Waals surface area contributed by atoms with Crippen molar-refractivity contribution in [3.63, 3.8) is 0 Å². The number of rotatable bonds is 10. The van der Waals surface area contributed by atoms with Gasteiger partial charge < -0.3 is 23.9 Å². The average Bonchev–Trinajstić information content (AvgIpc) is 3.27. The van der Waals surface area contributed by atoms with E-state index < -0.39 is 0 Å². The van der Waals surface area contributed by atoms with E-state index >= 15 is 0 Å². The zero-order valence-corrected chi connectivity index (χ0v) is 21.4. The molecule has 36 heavy (non-hydrogen) atoms. The molecule has 0 spiro atoms. The first-order valence-electron chi connectivity index (χ1n) is 12.2. The van der Waals surface area contributed by atoms with Crippen molar-refractivity contribution in [1.29, 1.82) is 0 Å². The van der Waals surface area contributed by atoms with Crippen LogP contribution in [0.4, 0.5) is 0 Å². The molecule has 1 amide bonds. The second-order valence-electron chi connectivity index (χ2n) is 8.40. The van der Waals surface area contributed by atoms with Gasteiger partial charge in [0.1, 0.15) is 5.52 Å². The molecule has 0 fully saturated rings. The van der Waals surface area contributed by atoms with E-state index in [1.54, 1.807) is 12.1 Å². The Balaban J connectivity index is 1.48. The number of ether oxygens (including phenoxy) is 3. The predicted octanol–water partition coefficient (Wildman–Crippen LogP) is 6.24. The van der Waals surface area contributed by atoms with Crippen molar-refractivity contribution in [2.24, 2.45) is 0 Å². The lowest BCUT2D eigenvalue weighted by Crippen LogP contribution is -2.23. The maximum absolute atomic E-state index is 13.0. The van der Waals surface area contributed by atoms with E-state index in [0.717, 1.165) is 22.2 Å². The number of carbonyl (C=O) groups excluding carboxylic acids is 1. The molecule has 0 radical (unpaired) electrons. The number of aromatic nitrogens is 1. The Morgan fingerprint density at radius 3 is 2.08 bits per heavy atom. The second kappa shape index (κ2) is 11.2. The summed E-state index contributed by atoms with van der Waals surface area (Å²) < 4.78 is 23.1. The molecular formula is C29H32N2O5. The number of amides is 1. The van der Waals surface area contributed by atoms with Crippen LogP contribution in [0, 0.1) is 13.8 Å². The van der Waals surface area contributed by atoms with Gasteiger partial charge >= 0.3 is 0 Å². The van der Waals surface area contributed by atoms with Gasteiger partial charge in [0.05, 0.1) is 19.8 Å². The number of aryl methyl sites for hydroxylation is 2. The van der Waals surface area contributed by atoms with Crippen LogP contribution >= 0.6 is 0 Å². The SMILES string of the molecule is CCOc1cc(C(=O)NCc2ccc(-c3nc4cc(C)c(C)cc4o3)cc2)cc(OCC)c1OCC. The van der Waals surface area contributed by atoms with Crippen LogP contribution in [0.5, 0.6) is 17.2 Å². The topological polar surface area (TPSA) is 82.8 Å². The molecule has 188 valence electrons. The number of nitrogens with zero attached hydrogens (tertiary/aromatic N) is 1. The molecule has 1 aromatic heterocycles. The summed E-state index contributed by atoms with van der Waals surface area (Å²) in [4.78, 5) is 17.6. The van der Waals surface area contributed by atoms with E-state index in [9.17, 15) is 4.79 Å². The Morgan fingerprint density at radius 1 is 0.861 bits per heavy atom. The lowest BCUT2D eigenvalue weighted by atomic mass is 10.1. The van der Waals surface area contributed by atoms with E-state index in [4.69, 9.17) is 18.6 Å². The van der Waals surface area contributed by atoms with Gasteiger partial charge in [0.25, 0.3) is 5.91 Å². The zero-order valence-electron chi connectivity index (χ0n) is 21.4. The summed E-state index contributed by atoms with van der Waals surface area (Å²) in [5.41, 5.74) is 6.25. The molecule has 1 N–H and O–H groups in total. The molecule has 0 aliphatic rings. The number of nitrogens with one attached hydrogen (secondary N) is 1. The molecule has 0 saturated carbocycles. The fourth-order valence-electron chi connectivity index (χ4n) is 3.87. The predicted molar refractivity (Wildman–Crippen MR) is 140 cm³/mol. The van der Waals surface area contributed by atoms with Crippen molar-refractivity contribution >= 4 is 17.0 Å². The lowest BCUT2D eigenvalue weighted by molar-refractivity contribution is 0.0949. The van der Waals surface area contributed by atoms with Crippen LogP contribution in [0.3, 0.4) is 0 Å². The summed E-state index contributed by atoms with van der Waals surface area (Å²) >= 11 is 0. The standard InChI is InChI=1S/C29H32N2O5/c1-6-33-25-15-22(16-26(34-7-2)27(25)35-8-3)28(32)30-17-20-9-11-21(12-10-20)29-31-23-13-18(4)19(5)14-24(23)36-29/h9-16H,6-8,17H2,1-5H3,(H,30,32). The van der Waals surface area contributed by atoms with Gasteiger partial charge in [-0.3, -0.25) is 4.79 Å². The molecule has 0 unspecified atom stereocenters. The number of carbonyl (C=O) groups is 1. The Labute approximate surface area is 211 Å². The molecular weight excluding hydrogens is 456 g/mol. The first kappa shape index (κ1) is 25.1. The fraction of sp³-hybridized carbons (Fsp3) is 0.310. The molecule has 0 atom stereocenters. The Hall–Kier alpha value is -4.00. The third-order valence-electron chi connectivity index (χ3n) is 5.83. The van der Waals surface area contributed by atoms with Gasteiger partial charge in [-0.2, -0.15) is 0 Å².